The Hall–Kier alpha value is -3.86. The van der Waals surface area contributed by atoms with Crippen LogP contribution in [0.1, 0.15) is 17.2 Å². The van der Waals surface area contributed by atoms with Gasteiger partial charge in [0.05, 0.1) is 6.04 Å². The topological polar surface area (TPSA) is 66.8 Å². The SMILES string of the molecule is O=C(OCc1ccccc1)C1=C(O)C(=O)N(c2ccccc2)[C@H]1c1ccccc1. The van der Waals surface area contributed by atoms with Gasteiger partial charge in [-0.3, -0.25) is 9.69 Å². The van der Waals surface area contributed by atoms with Crippen LogP contribution in [0.15, 0.2) is 102 Å². The number of nitrogens with zero attached hydrogens (tertiary/aromatic N) is 1. The Labute approximate surface area is 168 Å². The molecular formula is C24H19NO4. The predicted octanol–water partition coefficient (Wildman–Crippen LogP) is 4.33. The Balaban J connectivity index is 1.70. The first-order valence-corrected chi connectivity index (χ1v) is 9.24. The van der Waals surface area contributed by atoms with Crippen molar-refractivity contribution in [1.82, 2.24) is 0 Å². The molecule has 1 aliphatic heterocycles. The van der Waals surface area contributed by atoms with Gasteiger partial charge in [0.15, 0.2) is 5.76 Å². The predicted molar refractivity (Wildman–Crippen MR) is 109 cm³/mol. The van der Waals surface area contributed by atoms with E-state index in [1.165, 1.54) is 4.90 Å². The molecule has 0 fully saturated rings. The van der Waals surface area contributed by atoms with Crippen LogP contribution in [0, 0.1) is 0 Å². The molecule has 5 nitrogen and oxygen atoms in total. The van der Waals surface area contributed by atoms with Crippen molar-refractivity contribution in [1.29, 1.82) is 0 Å². The van der Waals surface area contributed by atoms with Crippen molar-refractivity contribution in [3.63, 3.8) is 0 Å². The lowest BCUT2D eigenvalue weighted by atomic mass is 9.99. The number of hydrogen-bond donors (Lipinski definition) is 1. The third-order valence-electron chi connectivity index (χ3n) is 4.79. The van der Waals surface area contributed by atoms with Crippen molar-refractivity contribution < 1.29 is 19.4 Å². The summed E-state index contributed by atoms with van der Waals surface area (Å²) in [4.78, 5) is 27.2. The van der Waals surface area contributed by atoms with E-state index in [1.807, 2.05) is 66.7 Å². The summed E-state index contributed by atoms with van der Waals surface area (Å²) < 4.78 is 5.43. The zero-order valence-electron chi connectivity index (χ0n) is 15.6. The number of para-hydroxylation sites is 1. The Kier molecular flexibility index (Phi) is 5.12. The molecule has 1 N–H and O–H groups in total. The minimum Gasteiger partial charge on any atom is -0.503 e. The van der Waals surface area contributed by atoms with Crippen LogP contribution in [0.2, 0.25) is 0 Å². The number of hydrogen-bond acceptors (Lipinski definition) is 4. The number of carbonyl (C=O) groups excluding carboxylic acids is 2. The molecule has 0 unspecified atom stereocenters. The minimum absolute atomic E-state index is 0.0531. The molecule has 1 aliphatic rings. The maximum Gasteiger partial charge on any atom is 0.340 e. The molecule has 3 aromatic rings. The Bertz CT molecular complexity index is 1050. The second-order valence-electron chi connectivity index (χ2n) is 6.65. The highest BCUT2D eigenvalue weighted by Gasteiger charge is 2.45. The van der Waals surface area contributed by atoms with Gasteiger partial charge in [-0.1, -0.05) is 78.9 Å². The molecular weight excluding hydrogens is 366 g/mol. The molecule has 4 rings (SSSR count). The summed E-state index contributed by atoms with van der Waals surface area (Å²) in [7, 11) is 0. The summed E-state index contributed by atoms with van der Waals surface area (Å²) in [6.07, 6.45) is 0. The molecule has 0 radical (unpaired) electrons. The van der Waals surface area contributed by atoms with Gasteiger partial charge in [-0.15, -0.1) is 0 Å². The highest BCUT2D eigenvalue weighted by molar-refractivity contribution is 6.15. The highest BCUT2D eigenvalue weighted by atomic mass is 16.5. The summed E-state index contributed by atoms with van der Waals surface area (Å²) in [5.41, 5.74) is 2.06. The number of esters is 1. The Morgan fingerprint density at radius 3 is 2.03 bits per heavy atom. The average molecular weight is 385 g/mol. The monoisotopic (exact) mass is 385 g/mol. The maximum atomic E-state index is 12.9. The van der Waals surface area contributed by atoms with Crippen LogP contribution in [0.4, 0.5) is 5.69 Å². The van der Waals surface area contributed by atoms with E-state index in [0.29, 0.717) is 11.3 Å². The summed E-state index contributed by atoms with van der Waals surface area (Å²) in [6.45, 7) is 0.0531. The Morgan fingerprint density at radius 1 is 0.862 bits per heavy atom. The normalized spacial score (nSPS) is 16.2. The number of rotatable bonds is 5. The smallest absolute Gasteiger partial charge is 0.340 e. The average Bonchev–Trinajstić information content (AvgIpc) is 3.05. The number of aliphatic hydroxyl groups is 1. The molecule has 1 heterocycles. The van der Waals surface area contributed by atoms with Crippen LogP contribution in [-0.4, -0.2) is 17.0 Å². The van der Waals surface area contributed by atoms with Crippen LogP contribution < -0.4 is 4.90 Å². The molecule has 3 aromatic carbocycles. The maximum absolute atomic E-state index is 12.9. The van der Waals surface area contributed by atoms with Gasteiger partial charge in [0.25, 0.3) is 5.91 Å². The van der Waals surface area contributed by atoms with Gasteiger partial charge in [0.2, 0.25) is 0 Å². The second kappa shape index (κ2) is 8.02. The van der Waals surface area contributed by atoms with Crippen molar-refractivity contribution in [2.75, 3.05) is 4.90 Å². The van der Waals surface area contributed by atoms with Crippen molar-refractivity contribution in [3.8, 4) is 0 Å². The van der Waals surface area contributed by atoms with Crippen molar-refractivity contribution in [2.24, 2.45) is 0 Å². The van der Waals surface area contributed by atoms with Gasteiger partial charge < -0.3 is 9.84 Å². The van der Waals surface area contributed by atoms with Crippen LogP contribution in [0.3, 0.4) is 0 Å². The molecule has 0 aromatic heterocycles. The van der Waals surface area contributed by atoms with Crippen molar-refractivity contribution in [3.05, 3.63) is 113 Å². The van der Waals surface area contributed by atoms with Crippen LogP contribution in [0.5, 0.6) is 0 Å². The third-order valence-corrected chi connectivity index (χ3v) is 4.79. The summed E-state index contributed by atoms with van der Waals surface area (Å²) >= 11 is 0. The van der Waals surface area contributed by atoms with Gasteiger partial charge in [0.1, 0.15) is 12.2 Å². The summed E-state index contributed by atoms with van der Waals surface area (Å²) in [5, 5.41) is 10.6. The fourth-order valence-corrected chi connectivity index (χ4v) is 3.42. The standard InChI is InChI=1S/C24H19NO4/c26-22-20(24(28)29-16-17-10-4-1-5-11-17)21(18-12-6-2-7-13-18)25(23(22)27)19-14-8-3-9-15-19/h1-15,21,26H,16H2/t21-/m0/s1. The number of ether oxygens (including phenoxy) is 1. The van der Waals surface area contributed by atoms with Gasteiger partial charge >= 0.3 is 5.97 Å². The first kappa shape index (κ1) is 18.5. The van der Waals surface area contributed by atoms with E-state index in [1.54, 1.807) is 24.3 Å². The number of anilines is 1. The number of aliphatic hydroxyl groups excluding tert-OH is 1. The first-order valence-electron chi connectivity index (χ1n) is 9.24. The van der Waals surface area contributed by atoms with Crippen molar-refractivity contribution in [2.45, 2.75) is 12.6 Å². The van der Waals surface area contributed by atoms with E-state index < -0.39 is 23.7 Å². The van der Waals surface area contributed by atoms with E-state index in [9.17, 15) is 14.7 Å². The molecule has 0 aliphatic carbocycles. The second-order valence-corrected chi connectivity index (χ2v) is 6.65. The first-order chi connectivity index (χ1) is 14.2. The van der Waals surface area contributed by atoms with Gasteiger partial charge in [-0.05, 0) is 23.3 Å². The zero-order chi connectivity index (χ0) is 20.2. The Morgan fingerprint density at radius 2 is 1.41 bits per heavy atom. The summed E-state index contributed by atoms with van der Waals surface area (Å²) in [6, 6.07) is 26.6. The lowest BCUT2D eigenvalue weighted by Crippen LogP contribution is -2.31. The lowest BCUT2D eigenvalue weighted by Gasteiger charge is -2.26. The largest absolute Gasteiger partial charge is 0.503 e. The molecule has 0 bridgehead atoms. The molecule has 29 heavy (non-hydrogen) atoms. The van der Waals surface area contributed by atoms with Crippen LogP contribution in [-0.2, 0) is 20.9 Å². The molecule has 5 heteroatoms. The van der Waals surface area contributed by atoms with E-state index in [-0.39, 0.29) is 12.2 Å². The van der Waals surface area contributed by atoms with Gasteiger partial charge in [-0.2, -0.15) is 0 Å². The van der Waals surface area contributed by atoms with E-state index in [2.05, 4.69) is 0 Å². The third kappa shape index (κ3) is 3.62. The zero-order valence-corrected chi connectivity index (χ0v) is 15.6. The molecule has 144 valence electrons. The minimum atomic E-state index is -0.769. The lowest BCUT2D eigenvalue weighted by molar-refractivity contribution is -0.140. The van der Waals surface area contributed by atoms with E-state index >= 15 is 0 Å². The van der Waals surface area contributed by atoms with E-state index in [4.69, 9.17) is 4.74 Å². The number of carbonyl (C=O) groups is 2. The number of amides is 1. The van der Waals surface area contributed by atoms with Gasteiger partial charge in [-0.25, -0.2) is 4.79 Å². The van der Waals surface area contributed by atoms with Crippen LogP contribution in [0.25, 0.3) is 0 Å². The highest BCUT2D eigenvalue weighted by Crippen LogP contribution is 2.40. The molecule has 1 atom stereocenters. The molecule has 0 saturated carbocycles. The summed E-state index contributed by atoms with van der Waals surface area (Å²) in [5.74, 6) is -1.93. The fraction of sp³-hybridized carbons (Fsp3) is 0.0833. The fourth-order valence-electron chi connectivity index (χ4n) is 3.42. The quantitative estimate of drug-likeness (QED) is 0.664. The van der Waals surface area contributed by atoms with E-state index in [0.717, 1.165) is 5.56 Å². The molecule has 0 spiro atoms. The molecule has 0 saturated heterocycles. The van der Waals surface area contributed by atoms with Gasteiger partial charge in [0, 0.05) is 5.69 Å². The van der Waals surface area contributed by atoms with Crippen molar-refractivity contribution >= 4 is 17.6 Å². The van der Waals surface area contributed by atoms with Crippen LogP contribution >= 0.6 is 0 Å². The number of benzene rings is 3. The molecule has 1 amide bonds.